The third-order valence-electron chi connectivity index (χ3n) is 6.20. The van der Waals surface area contributed by atoms with Crippen molar-refractivity contribution in [3.8, 4) is 11.3 Å². The number of carbonyl (C=O) groups is 2. The molecule has 38 heavy (non-hydrogen) atoms. The molecular weight excluding hydrogens is 561 g/mol. The second kappa shape index (κ2) is 14.3. The zero-order chi connectivity index (χ0) is 26.9. The number of anilines is 1. The molecule has 0 saturated carbocycles. The lowest BCUT2D eigenvalue weighted by Gasteiger charge is -2.32. The highest BCUT2D eigenvalue weighted by Gasteiger charge is 2.21. The van der Waals surface area contributed by atoms with E-state index in [0.717, 1.165) is 59.3 Å². The third-order valence-corrected chi connectivity index (χ3v) is 8.96. The van der Waals surface area contributed by atoms with Crippen molar-refractivity contribution < 1.29 is 9.59 Å². The number of nitrogens with one attached hydrogen (secondary N) is 2. The lowest BCUT2D eigenvalue weighted by Crippen LogP contribution is -2.44. The number of benzene rings is 2. The maximum atomic E-state index is 12.6. The molecule has 0 spiro atoms. The number of nitrogens with two attached hydrogens (primary N) is 1. The van der Waals surface area contributed by atoms with E-state index in [9.17, 15) is 9.59 Å². The fourth-order valence-electron chi connectivity index (χ4n) is 4.23. The Morgan fingerprint density at radius 3 is 2.68 bits per heavy atom. The molecule has 1 aliphatic rings. The Kier molecular flexibility index (Phi) is 10.9. The molecule has 2 heterocycles. The number of piperidine rings is 1. The first kappa shape index (κ1) is 28.9. The molecule has 1 aromatic heterocycles. The first-order chi connectivity index (χ1) is 18.4. The number of rotatable bonds is 11. The molecule has 4 rings (SSSR count). The van der Waals surface area contributed by atoms with Gasteiger partial charge in [0.25, 0.3) is 0 Å². The van der Waals surface area contributed by atoms with E-state index in [4.69, 9.17) is 28.9 Å². The van der Waals surface area contributed by atoms with Crippen molar-refractivity contribution in [2.24, 2.45) is 5.73 Å². The summed E-state index contributed by atoms with van der Waals surface area (Å²) in [7, 11) is 0. The smallest absolute Gasteiger partial charge is 0.230 e. The minimum Gasteiger partial charge on any atom is -0.353 e. The van der Waals surface area contributed by atoms with Crippen molar-refractivity contribution in [3.05, 3.63) is 63.5 Å². The van der Waals surface area contributed by atoms with E-state index < -0.39 is 0 Å². The molecule has 3 aromatic rings. The van der Waals surface area contributed by atoms with E-state index >= 15 is 0 Å². The zero-order valence-electron chi connectivity index (χ0n) is 20.9. The molecular formula is C27H31Cl2N5O2S2. The minimum atomic E-state index is -0.0507. The van der Waals surface area contributed by atoms with Gasteiger partial charge in [-0.2, -0.15) is 0 Å². The normalized spacial score (nSPS) is 14.4. The van der Waals surface area contributed by atoms with Gasteiger partial charge >= 0.3 is 0 Å². The van der Waals surface area contributed by atoms with Gasteiger partial charge in [0.15, 0.2) is 4.34 Å². The molecule has 0 aliphatic carbocycles. The first-order valence-corrected chi connectivity index (χ1v) is 15.2. The van der Waals surface area contributed by atoms with Crippen LogP contribution in [0.1, 0.15) is 31.2 Å². The van der Waals surface area contributed by atoms with E-state index in [1.807, 2.05) is 47.8 Å². The van der Waals surface area contributed by atoms with Crippen LogP contribution >= 0.6 is 46.3 Å². The Morgan fingerprint density at radius 1 is 1.11 bits per heavy atom. The summed E-state index contributed by atoms with van der Waals surface area (Å²) < 4.78 is 0.837. The van der Waals surface area contributed by atoms with E-state index in [1.165, 1.54) is 23.1 Å². The molecule has 0 unspecified atom stereocenters. The fraction of sp³-hybridized carbons (Fsp3) is 0.370. The lowest BCUT2D eigenvalue weighted by atomic mass is 10.0. The van der Waals surface area contributed by atoms with E-state index in [-0.39, 0.29) is 17.9 Å². The van der Waals surface area contributed by atoms with Crippen molar-refractivity contribution in [1.82, 2.24) is 15.2 Å². The molecule has 1 saturated heterocycles. The number of carbonyl (C=O) groups excluding carboxylic acids is 2. The average Bonchev–Trinajstić information content (AvgIpc) is 3.39. The predicted molar refractivity (Wildman–Crippen MR) is 158 cm³/mol. The molecule has 1 aliphatic heterocycles. The van der Waals surface area contributed by atoms with Crippen molar-refractivity contribution in [3.63, 3.8) is 0 Å². The molecule has 11 heteroatoms. The summed E-state index contributed by atoms with van der Waals surface area (Å²) in [4.78, 5) is 31.6. The molecule has 1 fully saturated rings. The Balaban J connectivity index is 1.20. The Labute approximate surface area is 241 Å². The Bertz CT molecular complexity index is 1250. The summed E-state index contributed by atoms with van der Waals surface area (Å²) in [5, 5.41) is 9.19. The summed E-state index contributed by atoms with van der Waals surface area (Å²) in [5.74, 6) is 0.301. The zero-order valence-corrected chi connectivity index (χ0v) is 24.1. The lowest BCUT2D eigenvalue weighted by molar-refractivity contribution is -0.119. The number of thioether (sulfide) groups is 1. The molecule has 2 amide bonds. The molecule has 202 valence electrons. The van der Waals surface area contributed by atoms with Gasteiger partial charge in [0.05, 0.1) is 21.5 Å². The second-order valence-corrected chi connectivity index (χ2v) is 12.1. The van der Waals surface area contributed by atoms with Gasteiger partial charge in [0.2, 0.25) is 11.8 Å². The Hall–Kier alpha value is -2.14. The highest BCUT2D eigenvalue weighted by molar-refractivity contribution is 8.01. The van der Waals surface area contributed by atoms with Gasteiger partial charge in [0.1, 0.15) is 0 Å². The summed E-state index contributed by atoms with van der Waals surface area (Å²) in [6, 6.07) is 13.5. The van der Waals surface area contributed by atoms with Gasteiger partial charge in [-0.1, -0.05) is 53.2 Å². The van der Waals surface area contributed by atoms with Crippen molar-refractivity contribution in [2.75, 3.05) is 30.7 Å². The summed E-state index contributed by atoms with van der Waals surface area (Å²) in [5.41, 5.74) is 9.09. The molecule has 4 N–H and O–H groups in total. The highest BCUT2D eigenvalue weighted by Crippen LogP contribution is 2.30. The average molecular weight is 593 g/mol. The van der Waals surface area contributed by atoms with Crippen LogP contribution in [0.15, 0.2) is 52.2 Å². The highest BCUT2D eigenvalue weighted by atomic mass is 35.5. The van der Waals surface area contributed by atoms with E-state index in [2.05, 4.69) is 20.5 Å². The van der Waals surface area contributed by atoms with Gasteiger partial charge in [-0.3, -0.25) is 14.5 Å². The van der Waals surface area contributed by atoms with Crippen LogP contribution in [0.2, 0.25) is 10.0 Å². The largest absolute Gasteiger partial charge is 0.353 e. The number of halogens is 2. The molecule has 7 nitrogen and oxygen atoms in total. The quantitative estimate of drug-likeness (QED) is 0.248. The summed E-state index contributed by atoms with van der Waals surface area (Å²) >= 11 is 15.1. The van der Waals surface area contributed by atoms with Crippen LogP contribution < -0.4 is 16.4 Å². The van der Waals surface area contributed by atoms with E-state index in [0.29, 0.717) is 35.2 Å². The van der Waals surface area contributed by atoms with Gasteiger partial charge in [0, 0.05) is 48.7 Å². The molecule has 0 bridgehead atoms. The van der Waals surface area contributed by atoms with Crippen molar-refractivity contribution in [2.45, 2.75) is 42.6 Å². The number of aromatic nitrogens is 1. The van der Waals surface area contributed by atoms with Gasteiger partial charge in [-0.25, -0.2) is 4.98 Å². The van der Waals surface area contributed by atoms with Crippen molar-refractivity contribution >= 4 is 63.8 Å². The monoisotopic (exact) mass is 591 g/mol. The first-order valence-electron chi connectivity index (χ1n) is 12.5. The van der Waals surface area contributed by atoms with Crippen LogP contribution in [0.3, 0.4) is 0 Å². The summed E-state index contributed by atoms with van der Waals surface area (Å²) in [6.45, 7) is 3.15. The minimum absolute atomic E-state index is 0.0249. The predicted octanol–water partition coefficient (Wildman–Crippen LogP) is 5.67. The maximum Gasteiger partial charge on any atom is 0.230 e. The van der Waals surface area contributed by atoms with Gasteiger partial charge < -0.3 is 16.4 Å². The number of thiazole rings is 1. The number of nitrogens with zero attached hydrogens (tertiary/aromatic N) is 2. The van der Waals surface area contributed by atoms with Crippen LogP contribution in [0, 0.1) is 0 Å². The second-order valence-electron chi connectivity index (χ2n) is 9.17. The molecule has 0 radical (unpaired) electrons. The summed E-state index contributed by atoms with van der Waals surface area (Å²) in [6.07, 6.45) is 2.89. The van der Waals surface area contributed by atoms with Crippen LogP contribution in [0.5, 0.6) is 0 Å². The fourth-order valence-corrected chi connectivity index (χ4v) is 6.19. The van der Waals surface area contributed by atoms with Gasteiger partial charge in [-0.15, -0.1) is 11.3 Å². The maximum absolute atomic E-state index is 12.6. The third kappa shape index (κ3) is 8.69. The van der Waals surface area contributed by atoms with Crippen molar-refractivity contribution in [1.29, 1.82) is 0 Å². The standard InChI is InChI=1S/C27H31Cl2N5O2S2/c28-22-7-6-18(13-23(22)29)15-34-11-8-20(9-12-34)31-26(36)17-38-27-33-24(16-37-27)19-3-1-4-21(14-19)32-25(35)5-2-10-30/h1,3-4,6-7,13-14,16,20H,2,5,8-12,15,17,30H2,(H,31,36)(H,32,35). The topological polar surface area (TPSA) is 100 Å². The van der Waals surface area contributed by atoms with Crippen LogP contribution in [-0.4, -0.2) is 53.1 Å². The molecule has 0 atom stereocenters. The number of hydrogen-bond acceptors (Lipinski definition) is 7. The van der Waals surface area contributed by atoms with Crippen LogP contribution in [0.25, 0.3) is 11.3 Å². The number of amides is 2. The van der Waals surface area contributed by atoms with Crippen LogP contribution in [0.4, 0.5) is 5.69 Å². The van der Waals surface area contributed by atoms with Gasteiger partial charge in [-0.05, 0) is 55.6 Å². The van der Waals surface area contributed by atoms with E-state index in [1.54, 1.807) is 0 Å². The molecule has 2 aromatic carbocycles. The Morgan fingerprint density at radius 2 is 1.92 bits per heavy atom. The number of hydrogen-bond donors (Lipinski definition) is 3. The van der Waals surface area contributed by atoms with Crippen LogP contribution in [-0.2, 0) is 16.1 Å². The SMILES string of the molecule is NCCCC(=O)Nc1cccc(-c2csc(SCC(=O)NC3CCN(Cc4ccc(Cl)c(Cl)c4)CC3)n2)c1. The number of likely N-dealkylation sites (tertiary alicyclic amines) is 1.